The van der Waals surface area contributed by atoms with Crippen molar-refractivity contribution in [3.05, 3.63) is 26.8 Å². The van der Waals surface area contributed by atoms with E-state index >= 15 is 0 Å². The molecule has 1 aromatic carbocycles. The van der Waals surface area contributed by atoms with Crippen LogP contribution in [-0.4, -0.2) is 5.11 Å². The van der Waals surface area contributed by atoms with E-state index in [9.17, 15) is 5.11 Å². The van der Waals surface area contributed by atoms with Crippen molar-refractivity contribution >= 4 is 22.6 Å². The Balaban J connectivity index is 2.60. The molecule has 1 aliphatic rings. The minimum atomic E-state index is 0.175. The molecule has 0 saturated heterocycles. The Kier molecular flexibility index (Phi) is 2.00. The Hall–Kier alpha value is -0.290. The number of fused-ring (bicyclic) bond motifs is 1. The van der Waals surface area contributed by atoms with Gasteiger partial charge in [-0.3, -0.25) is 0 Å². The average Bonchev–Trinajstić information content (AvgIpc) is 2.41. The van der Waals surface area contributed by atoms with Gasteiger partial charge in [0, 0.05) is 6.04 Å². The second-order valence-electron chi connectivity index (χ2n) is 3.11. The SMILES string of the molecule is N[C@@H]1CCc2c1ccc(O)c2I. The lowest BCUT2D eigenvalue weighted by molar-refractivity contribution is 0.470. The highest BCUT2D eigenvalue weighted by Gasteiger charge is 2.22. The first kappa shape index (κ1) is 8.31. The third-order valence-electron chi connectivity index (χ3n) is 2.36. The Bertz CT molecular complexity index is 325. The zero-order valence-corrected chi connectivity index (χ0v) is 8.71. The molecule has 0 radical (unpaired) electrons. The van der Waals surface area contributed by atoms with Gasteiger partial charge in [0.1, 0.15) is 5.75 Å². The van der Waals surface area contributed by atoms with Gasteiger partial charge in [-0.1, -0.05) is 6.07 Å². The molecule has 0 aromatic heterocycles. The predicted molar refractivity (Wildman–Crippen MR) is 56.1 cm³/mol. The molecule has 0 saturated carbocycles. The molecule has 0 bridgehead atoms. The zero-order valence-electron chi connectivity index (χ0n) is 6.55. The highest BCUT2D eigenvalue weighted by atomic mass is 127. The Labute approximate surface area is 84.9 Å². The summed E-state index contributed by atoms with van der Waals surface area (Å²) in [6, 6.07) is 3.84. The summed E-state index contributed by atoms with van der Waals surface area (Å²) < 4.78 is 0.970. The van der Waals surface area contributed by atoms with E-state index in [-0.39, 0.29) is 6.04 Å². The van der Waals surface area contributed by atoms with Gasteiger partial charge < -0.3 is 10.8 Å². The number of phenolic OH excluding ortho intramolecular Hbond substituents is 1. The summed E-state index contributed by atoms with van der Waals surface area (Å²) in [7, 11) is 0. The van der Waals surface area contributed by atoms with E-state index in [0.29, 0.717) is 5.75 Å². The highest BCUT2D eigenvalue weighted by Crippen LogP contribution is 2.36. The Morgan fingerprint density at radius 3 is 3.00 bits per heavy atom. The lowest BCUT2D eigenvalue weighted by atomic mass is 10.1. The van der Waals surface area contributed by atoms with Gasteiger partial charge in [-0.05, 0) is 52.6 Å². The molecular formula is C9H10INO. The van der Waals surface area contributed by atoms with Crippen LogP contribution >= 0.6 is 22.6 Å². The van der Waals surface area contributed by atoms with E-state index in [0.717, 1.165) is 16.4 Å². The van der Waals surface area contributed by atoms with E-state index < -0.39 is 0 Å². The maximum Gasteiger partial charge on any atom is 0.129 e. The maximum atomic E-state index is 9.42. The maximum absolute atomic E-state index is 9.42. The largest absolute Gasteiger partial charge is 0.507 e. The lowest BCUT2D eigenvalue weighted by Crippen LogP contribution is -2.04. The molecule has 0 heterocycles. The van der Waals surface area contributed by atoms with E-state index in [1.807, 2.05) is 6.07 Å². The van der Waals surface area contributed by atoms with Crippen molar-refractivity contribution in [2.75, 3.05) is 0 Å². The molecular weight excluding hydrogens is 265 g/mol. The summed E-state index contributed by atoms with van der Waals surface area (Å²) in [5, 5.41) is 9.42. The normalized spacial score (nSPS) is 21.0. The third-order valence-corrected chi connectivity index (χ3v) is 3.57. The van der Waals surface area contributed by atoms with Crippen molar-refractivity contribution in [3.8, 4) is 5.75 Å². The number of nitrogens with two attached hydrogens (primary N) is 1. The molecule has 12 heavy (non-hydrogen) atoms. The van der Waals surface area contributed by atoms with Gasteiger partial charge in [0.25, 0.3) is 0 Å². The van der Waals surface area contributed by atoms with Gasteiger partial charge in [0.15, 0.2) is 0 Å². The topological polar surface area (TPSA) is 46.2 Å². The molecule has 0 unspecified atom stereocenters. The van der Waals surface area contributed by atoms with Gasteiger partial charge in [0.2, 0.25) is 0 Å². The minimum absolute atomic E-state index is 0.175. The Morgan fingerprint density at radius 2 is 2.25 bits per heavy atom. The van der Waals surface area contributed by atoms with Crippen LogP contribution in [0.4, 0.5) is 0 Å². The molecule has 1 aliphatic carbocycles. The average molecular weight is 275 g/mol. The van der Waals surface area contributed by atoms with Crippen LogP contribution in [0.25, 0.3) is 0 Å². The van der Waals surface area contributed by atoms with Crippen LogP contribution < -0.4 is 5.73 Å². The first-order chi connectivity index (χ1) is 5.70. The van der Waals surface area contributed by atoms with E-state index in [2.05, 4.69) is 22.6 Å². The number of phenols is 1. The fourth-order valence-electron chi connectivity index (χ4n) is 1.68. The second kappa shape index (κ2) is 2.88. The van der Waals surface area contributed by atoms with Crippen LogP contribution in [0, 0.1) is 3.57 Å². The van der Waals surface area contributed by atoms with Gasteiger partial charge >= 0.3 is 0 Å². The molecule has 0 aliphatic heterocycles. The molecule has 2 nitrogen and oxygen atoms in total. The van der Waals surface area contributed by atoms with Gasteiger partial charge in [-0.2, -0.15) is 0 Å². The number of benzene rings is 1. The molecule has 3 N–H and O–H groups in total. The van der Waals surface area contributed by atoms with Crippen LogP contribution in [0.1, 0.15) is 23.6 Å². The summed E-state index contributed by atoms with van der Waals surface area (Å²) >= 11 is 2.18. The Morgan fingerprint density at radius 1 is 1.50 bits per heavy atom. The van der Waals surface area contributed by atoms with Crippen molar-refractivity contribution in [1.29, 1.82) is 0 Å². The summed E-state index contributed by atoms with van der Waals surface area (Å²) in [5.74, 6) is 0.378. The number of hydrogen-bond donors (Lipinski definition) is 2. The van der Waals surface area contributed by atoms with Crippen molar-refractivity contribution in [3.63, 3.8) is 0 Å². The lowest BCUT2D eigenvalue weighted by Gasteiger charge is -2.06. The molecule has 0 amide bonds. The van der Waals surface area contributed by atoms with Crippen LogP contribution in [0.5, 0.6) is 5.75 Å². The van der Waals surface area contributed by atoms with Gasteiger partial charge in [-0.15, -0.1) is 0 Å². The van der Waals surface area contributed by atoms with Crippen LogP contribution in [0.3, 0.4) is 0 Å². The zero-order chi connectivity index (χ0) is 8.72. The smallest absolute Gasteiger partial charge is 0.129 e. The number of hydrogen-bond acceptors (Lipinski definition) is 2. The summed E-state index contributed by atoms with van der Waals surface area (Å²) in [6.07, 6.45) is 2.01. The van der Waals surface area contributed by atoms with Crippen molar-refractivity contribution in [1.82, 2.24) is 0 Å². The number of aromatic hydroxyl groups is 1. The molecule has 2 rings (SSSR count). The van der Waals surface area contributed by atoms with E-state index in [1.165, 1.54) is 11.1 Å². The summed E-state index contributed by atoms with van der Waals surface area (Å²) in [6.45, 7) is 0. The van der Waals surface area contributed by atoms with Crippen molar-refractivity contribution in [2.24, 2.45) is 5.73 Å². The van der Waals surface area contributed by atoms with Crippen molar-refractivity contribution < 1.29 is 5.11 Å². The molecule has 3 heteroatoms. The minimum Gasteiger partial charge on any atom is -0.507 e. The molecule has 1 atom stereocenters. The number of rotatable bonds is 0. The summed E-state index contributed by atoms with van der Waals surface area (Å²) in [5.41, 5.74) is 8.33. The van der Waals surface area contributed by atoms with Gasteiger partial charge in [-0.25, -0.2) is 0 Å². The quantitative estimate of drug-likeness (QED) is 0.711. The first-order valence-electron chi connectivity index (χ1n) is 3.96. The summed E-state index contributed by atoms with van der Waals surface area (Å²) in [4.78, 5) is 0. The molecule has 0 fully saturated rings. The first-order valence-corrected chi connectivity index (χ1v) is 5.04. The van der Waals surface area contributed by atoms with Gasteiger partial charge in [0.05, 0.1) is 3.57 Å². The standard InChI is InChI=1S/C9H10INO/c10-9-6-1-3-7(11)5(6)2-4-8(9)12/h2,4,7,12H,1,3,11H2/t7-/m1/s1. The molecule has 64 valence electrons. The fraction of sp³-hybridized carbons (Fsp3) is 0.333. The molecule has 0 spiro atoms. The highest BCUT2D eigenvalue weighted by molar-refractivity contribution is 14.1. The van der Waals surface area contributed by atoms with Crippen LogP contribution in [0.15, 0.2) is 12.1 Å². The van der Waals surface area contributed by atoms with E-state index in [1.54, 1.807) is 6.07 Å². The third kappa shape index (κ3) is 1.11. The fourth-order valence-corrected chi connectivity index (χ4v) is 2.44. The van der Waals surface area contributed by atoms with Crippen LogP contribution in [-0.2, 0) is 6.42 Å². The van der Waals surface area contributed by atoms with Crippen LogP contribution in [0.2, 0.25) is 0 Å². The molecule has 1 aromatic rings. The van der Waals surface area contributed by atoms with Crippen molar-refractivity contribution in [2.45, 2.75) is 18.9 Å². The monoisotopic (exact) mass is 275 g/mol. The second-order valence-corrected chi connectivity index (χ2v) is 4.19. The number of halogens is 1. The van der Waals surface area contributed by atoms with E-state index in [4.69, 9.17) is 5.73 Å². The predicted octanol–water partition coefficient (Wildman–Crippen LogP) is 1.94.